The molecular weight excluding hydrogens is 162 g/mol. The third kappa shape index (κ3) is 3.00. The zero-order valence-electron chi connectivity index (χ0n) is 6.25. The molecule has 0 radical (unpaired) electrons. The van der Waals surface area contributed by atoms with Gasteiger partial charge in [0.2, 0.25) is 0 Å². The SMILES string of the molecule is NC(=S)NCC1CCC(N)O1. The van der Waals surface area contributed by atoms with Crippen LogP contribution in [0.2, 0.25) is 0 Å². The van der Waals surface area contributed by atoms with E-state index in [1.165, 1.54) is 0 Å². The van der Waals surface area contributed by atoms with Crippen LogP contribution in [-0.4, -0.2) is 24.0 Å². The normalized spacial score (nSPS) is 30.3. The van der Waals surface area contributed by atoms with E-state index >= 15 is 0 Å². The van der Waals surface area contributed by atoms with E-state index in [4.69, 9.17) is 16.2 Å². The highest BCUT2D eigenvalue weighted by Crippen LogP contribution is 2.14. The first kappa shape index (κ1) is 8.70. The van der Waals surface area contributed by atoms with E-state index in [-0.39, 0.29) is 12.3 Å². The van der Waals surface area contributed by atoms with Gasteiger partial charge in [0.15, 0.2) is 5.11 Å². The first-order chi connectivity index (χ1) is 5.18. The molecule has 2 unspecified atom stereocenters. The molecule has 1 aliphatic heterocycles. The van der Waals surface area contributed by atoms with Gasteiger partial charge in [-0.2, -0.15) is 0 Å². The number of ether oxygens (including phenoxy) is 1. The summed E-state index contributed by atoms with van der Waals surface area (Å²) >= 11 is 4.64. The minimum absolute atomic E-state index is 0.104. The van der Waals surface area contributed by atoms with Crippen molar-refractivity contribution in [2.75, 3.05) is 6.54 Å². The fraction of sp³-hybridized carbons (Fsp3) is 0.833. The molecule has 1 rings (SSSR count). The van der Waals surface area contributed by atoms with Crippen molar-refractivity contribution in [1.82, 2.24) is 5.32 Å². The third-order valence-corrected chi connectivity index (χ3v) is 1.79. The maximum absolute atomic E-state index is 5.52. The topological polar surface area (TPSA) is 73.3 Å². The van der Waals surface area contributed by atoms with Gasteiger partial charge in [-0.25, -0.2) is 0 Å². The molecule has 1 fully saturated rings. The molecule has 0 aromatic rings. The quantitative estimate of drug-likeness (QED) is 0.483. The highest BCUT2D eigenvalue weighted by Gasteiger charge is 2.21. The van der Waals surface area contributed by atoms with Crippen molar-refractivity contribution in [3.8, 4) is 0 Å². The summed E-state index contributed by atoms with van der Waals surface area (Å²) in [5.74, 6) is 0. The van der Waals surface area contributed by atoms with E-state index in [1.54, 1.807) is 0 Å². The Bertz CT molecular complexity index is 153. The van der Waals surface area contributed by atoms with Gasteiger partial charge in [-0.15, -0.1) is 0 Å². The van der Waals surface area contributed by atoms with E-state index < -0.39 is 0 Å². The molecule has 5 heteroatoms. The minimum atomic E-state index is -0.104. The molecular formula is C6H13N3OS. The van der Waals surface area contributed by atoms with Crippen LogP contribution < -0.4 is 16.8 Å². The standard InChI is InChI=1S/C6H13N3OS/c7-5-2-1-4(10-5)3-9-6(8)11/h4-5H,1-3,7H2,(H3,8,9,11). The molecule has 4 nitrogen and oxygen atoms in total. The summed E-state index contributed by atoms with van der Waals surface area (Å²) in [7, 11) is 0. The molecule has 0 aromatic heterocycles. The molecule has 0 bridgehead atoms. The third-order valence-electron chi connectivity index (χ3n) is 1.64. The molecule has 2 atom stereocenters. The fourth-order valence-electron chi connectivity index (χ4n) is 1.10. The smallest absolute Gasteiger partial charge is 0.163 e. The lowest BCUT2D eigenvalue weighted by Crippen LogP contribution is -2.36. The molecule has 64 valence electrons. The Morgan fingerprint density at radius 3 is 2.82 bits per heavy atom. The second-order valence-electron chi connectivity index (χ2n) is 2.62. The Balaban J connectivity index is 2.13. The lowest BCUT2D eigenvalue weighted by Gasteiger charge is -2.11. The van der Waals surface area contributed by atoms with Crippen LogP contribution in [0.5, 0.6) is 0 Å². The molecule has 0 saturated carbocycles. The Morgan fingerprint density at radius 1 is 1.64 bits per heavy atom. The molecule has 11 heavy (non-hydrogen) atoms. The Hall–Kier alpha value is -0.390. The number of nitrogens with one attached hydrogen (secondary N) is 1. The molecule has 1 saturated heterocycles. The average Bonchev–Trinajstić information content (AvgIpc) is 2.31. The highest BCUT2D eigenvalue weighted by molar-refractivity contribution is 7.80. The molecule has 1 heterocycles. The zero-order valence-corrected chi connectivity index (χ0v) is 7.06. The van der Waals surface area contributed by atoms with Crippen LogP contribution in [0.25, 0.3) is 0 Å². The summed E-state index contributed by atoms with van der Waals surface area (Å²) < 4.78 is 5.31. The van der Waals surface area contributed by atoms with Crippen molar-refractivity contribution in [1.29, 1.82) is 0 Å². The lowest BCUT2D eigenvalue weighted by molar-refractivity contribution is 0.0519. The largest absolute Gasteiger partial charge is 0.376 e. The Labute approximate surface area is 71.3 Å². The van der Waals surface area contributed by atoms with Gasteiger partial charge in [-0.05, 0) is 25.1 Å². The summed E-state index contributed by atoms with van der Waals surface area (Å²) in [6.45, 7) is 0.670. The molecule has 0 spiro atoms. The maximum Gasteiger partial charge on any atom is 0.163 e. The molecule has 0 aliphatic carbocycles. The number of nitrogens with two attached hydrogens (primary N) is 2. The van der Waals surface area contributed by atoms with Crippen LogP contribution in [0, 0.1) is 0 Å². The van der Waals surface area contributed by atoms with Gasteiger partial charge in [0.25, 0.3) is 0 Å². The van der Waals surface area contributed by atoms with Gasteiger partial charge in [-0.3, -0.25) is 0 Å². The number of thiocarbonyl (C=S) groups is 1. The van der Waals surface area contributed by atoms with Gasteiger partial charge < -0.3 is 21.5 Å². The van der Waals surface area contributed by atoms with Crippen molar-refractivity contribution in [3.05, 3.63) is 0 Å². The Morgan fingerprint density at radius 2 is 2.36 bits per heavy atom. The first-order valence-corrected chi connectivity index (χ1v) is 4.03. The van der Waals surface area contributed by atoms with Gasteiger partial charge in [0, 0.05) is 6.54 Å². The van der Waals surface area contributed by atoms with Crippen LogP contribution in [0.3, 0.4) is 0 Å². The van der Waals surface area contributed by atoms with Gasteiger partial charge in [0.05, 0.1) is 6.10 Å². The summed E-state index contributed by atoms with van der Waals surface area (Å²) in [4.78, 5) is 0. The average molecular weight is 175 g/mol. The first-order valence-electron chi connectivity index (χ1n) is 3.63. The van der Waals surface area contributed by atoms with Gasteiger partial charge in [0.1, 0.15) is 6.23 Å². The van der Waals surface area contributed by atoms with E-state index in [9.17, 15) is 0 Å². The van der Waals surface area contributed by atoms with Crippen LogP contribution in [0.4, 0.5) is 0 Å². The second-order valence-corrected chi connectivity index (χ2v) is 3.06. The van der Waals surface area contributed by atoms with Crippen molar-refractivity contribution >= 4 is 17.3 Å². The summed E-state index contributed by atoms with van der Waals surface area (Å²) in [6.07, 6.45) is 1.97. The molecule has 1 aliphatic rings. The van der Waals surface area contributed by atoms with Crippen molar-refractivity contribution in [2.24, 2.45) is 11.5 Å². The van der Waals surface area contributed by atoms with Crippen molar-refractivity contribution in [3.63, 3.8) is 0 Å². The van der Waals surface area contributed by atoms with Gasteiger partial charge >= 0.3 is 0 Å². The van der Waals surface area contributed by atoms with Crippen LogP contribution in [0.15, 0.2) is 0 Å². The zero-order chi connectivity index (χ0) is 8.27. The highest BCUT2D eigenvalue weighted by atomic mass is 32.1. The lowest BCUT2D eigenvalue weighted by atomic mass is 10.2. The molecule has 5 N–H and O–H groups in total. The van der Waals surface area contributed by atoms with Crippen LogP contribution in [0.1, 0.15) is 12.8 Å². The summed E-state index contributed by atoms with van der Waals surface area (Å²) in [6, 6.07) is 0. The van der Waals surface area contributed by atoms with E-state index in [1.807, 2.05) is 0 Å². The fourth-order valence-corrected chi connectivity index (χ4v) is 1.18. The van der Waals surface area contributed by atoms with Gasteiger partial charge in [-0.1, -0.05) is 0 Å². The van der Waals surface area contributed by atoms with E-state index in [2.05, 4.69) is 17.5 Å². The maximum atomic E-state index is 5.52. The predicted octanol–water partition coefficient (Wildman–Crippen LogP) is -0.717. The molecule has 0 aromatic carbocycles. The number of rotatable bonds is 2. The predicted molar refractivity (Wildman–Crippen MR) is 46.9 cm³/mol. The second kappa shape index (κ2) is 3.85. The van der Waals surface area contributed by atoms with E-state index in [0.29, 0.717) is 11.7 Å². The van der Waals surface area contributed by atoms with E-state index in [0.717, 1.165) is 12.8 Å². The summed E-state index contributed by atoms with van der Waals surface area (Å²) in [5.41, 5.74) is 10.8. The monoisotopic (exact) mass is 175 g/mol. The minimum Gasteiger partial charge on any atom is -0.376 e. The van der Waals surface area contributed by atoms with Crippen LogP contribution >= 0.6 is 12.2 Å². The molecule has 0 amide bonds. The summed E-state index contributed by atoms with van der Waals surface area (Å²) in [5, 5.41) is 3.15. The Kier molecular flexibility index (Phi) is 3.04. The number of hydrogen-bond acceptors (Lipinski definition) is 3. The number of hydrogen-bond donors (Lipinski definition) is 3. The van der Waals surface area contributed by atoms with Crippen molar-refractivity contribution < 1.29 is 4.74 Å². The van der Waals surface area contributed by atoms with Crippen molar-refractivity contribution in [2.45, 2.75) is 25.2 Å². The van der Waals surface area contributed by atoms with Crippen LogP contribution in [-0.2, 0) is 4.74 Å².